The van der Waals surface area contributed by atoms with Gasteiger partial charge in [0.2, 0.25) is 5.91 Å². The maximum Gasteiger partial charge on any atom is 0.410 e. The van der Waals surface area contributed by atoms with E-state index >= 15 is 0 Å². The van der Waals surface area contributed by atoms with Crippen molar-refractivity contribution in [2.75, 3.05) is 38.1 Å². The highest BCUT2D eigenvalue weighted by Crippen LogP contribution is 2.34. The van der Waals surface area contributed by atoms with Crippen LogP contribution in [0.4, 0.5) is 23.8 Å². The van der Waals surface area contributed by atoms with E-state index < -0.39 is 30.8 Å². The van der Waals surface area contributed by atoms with Gasteiger partial charge in [-0.15, -0.1) is 0 Å². The van der Waals surface area contributed by atoms with Crippen LogP contribution in [0.2, 0.25) is 5.02 Å². The van der Waals surface area contributed by atoms with Gasteiger partial charge >= 0.3 is 12.3 Å². The lowest BCUT2D eigenvalue weighted by molar-refractivity contribution is -0.152. The number of ether oxygens (including phenoxy) is 1. The number of hydrogen-bond acceptors (Lipinski definition) is 6. The van der Waals surface area contributed by atoms with Crippen molar-refractivity contribution in [3.8, 4) is 6.07 Å². The van der Waals surface area contributed by atoms with Gasteiger partial charge in [0.15, 0.2) is 0 Å². The number of nitriles is 1. The molecule has 40 heavy (non-hydrogen) atoms. The second kappa shape index (κ2) is 12.3. The van der Waals surface area contributed by atoms with Gasteiger partial charge < -0.3 is 19.4 Å². The fourth-order valence-corrected chi connectivity index (χ4v) is 5.53. The first kappa shape index (κ1) is 29.5. The van der Waals surface area contributed by atoms with Crippen molar-refractivity contribution in [2.45, 2.75) is 50.4 Å². The van der Waals surface area contributed by atoms with Gasteiger partial charge in [0.25, 0.3) is 0 Å². The molecule has 3 unspecified atom stereocenters. The monoisotopic (exact) mass is 577 g/mol. The minimum atomic E-state index is -4.45. The number of alkyl halides is 3. The lowest BCUT2D eigenvalue weighted by Gasteiger charge is -2.34. The predicted octanol–water partition coefficient (Wildman–Crippen LogP) is 5.23. The first-order chi connectivity index (χ1) is 18.9. The van der Waals surface area contributed by atoms with Crippen molar-refractivity contribution < 1.29 is 27.5 Å². The zero-order valence-electron chi connectivity index (χ0n) is 22.3. The molecule has 0 bridgehead atoms. The summed E-state index contributed by atoms with van der Waals surface area (Å²) in [6.07, 6.45) is -5.11. The van der Waals surface area contributed by atoms with E-state index in [9.17, 15) is 22.8 Å². The highest BCUT2D eigenvalue weighted by molar-refractivity contribution is 6.30. The minimum absolute atomic E-state index is 0.0129. The Morgan fingerprint density at radius 2 is 1.85 bits per heavy atom. The summed E-state index contributed by atoms with van der Waals surface area (Å²) in [5.74, 6) is 0.276. The van der Waals surface area contributed by atoms with Gasteiger partial charge in [0.1, 0.15) is 18.0 Å². The Kier molecular flexibility index (Phi) is 9.08. The number of benzene rings is 1. The van der Waals surface area contributed by atoms with Gasteiger partial charge in [-0.2, -0.15) is 18.4 Å². The summed E-state index contributed by atoms with van der Waals surface area (Å²) in [6, 6.07) is 12.2. The third-order valence-electron chi connectivity index (χ3n) is 7.55. The van der Waals surface area contributed by atoms with Crippen LogP contribution in [0, 0.1) is 17.2 Å². The van der Waals surface area contributed by atoms with E-state index in [0.29, 0.717) is 43.1 Å². The molecule has 0 N–H and O–H groups in total. The van der Waals surface area contributed by atoms with Crippen LogP contribution in [0.1, 0.15) is 43.2 Å². The van der Waals surface area contributed by atoms with Crippen molar-refractivity contribution in [3.63, 3.8) is 0 Å². The zero-order chi connectivity index (χ0) is 29.0. The fourth-order valence-electron chi connectivity index (χ4n) is 5.41. The molecule has 2 aliphatic heterocycles. The summed E-state index contributed by atoms with van der Waals surface area (Å²) < 4.78 is 43.4. The molecule has 2 fully saturated rings. The number of anilines is 1. The first-order valence-electron chi connectivity index (χ1n) is 13.1. The number of aromatic nitrogens is 1. The normalized spacial score (nSPS) is 20.6. The van der Waals surface area contributed by atoms with Crippen LogP contribution < -0.4 is 4.90 Å². The Morgan fingerprint density at radius 1 is 1.18 bits per heavy atom. The van der Waals surface area contributed by atoms with Crippen molar-refractivity contribution in [1.29, 1.82) is 5.26 Å². The van der Waals surface area contributed by atoms with E-state index in [1.165, 1.54) is 25.1 Å². The molecule has 2 saturated heterocycles. The lowest BCUT2D eigenvalue weighted by atomic mass is 9.93. The Labute approximate surface area is 236 Å². The Balaban J connectivity index is 1.43. The van der Waals surface area contributed by atoms with Gasteiger partial charge in [0, 0.05) is 56.3 Å². The van der Waals surface area contributed by atoms with E-state index in [-0.39, 0.29) is 24.3 Å². The van der Waals surface area contributed by atoms with Crippen LogP contribution in [0.3, 0.4) is 0 Å². The largest absolute Gasteiger partial charge is 0.446 e. The number of amides is 2. The number of pyridine rings is 1. The van der Waals surface area contributed by atoms with E-state index in [4.69, 9.17) is 21.6 Å². The van der Waals surface area contributed by atoms with Crippen LogP contribution in [0.15, 0.2) is 42.6 Å². The fraction of sp³-hybridized carbons (Fsp3) is 0.500. The Hall–Kier alpha value is -3.52. The average Bonchev–Trinajstić information content (AvgIpc) is 3.37. The minimum Gasteiger partial charge on any atom is -0.446 e. The van der Waals surface area contributed by atoms with Crippen LogP contribution in [-0.2, 0) is 9.53 Å². The van der Waals surface area contributed by atoms with Gasteiger partial charge in [-0.1, -0.05) is 23.7 Å². The average molecular weight is 578 g/mol. The van der Waals surface area contributed by atoms with Crippen molar-refractivity contribution in [3.05, 3.63) is 58.7 Å². The Bertz CT molecular complexity index is 1230. The molecular weight excluding hydrogens is 547 g/mol. The number of piperidine rings is 1. The quantitative estimate of drug-likeness (QED) is 0.467. The Morgan fingerprint density at radius 3 is 2.42 bits per heavy atom. The highest BCUT2D eigenvalue weighted by atomic mass is 35.5. The SMILES string of the molecule is CC(CC(F)(F)F)OC(=O)N(C)C1CN(C(=O)C2CCN(c3ccc(C#N)cn3)CC2)CC1c1ccc(Cl)cc1. The van der Waals surface area contributed by atoms with Crippen molar-refractivity contribution in [1.82, 2.24) is 14.8 Å². The summed E-state index contributed by atoms with van der Waals surface area (Å²) in [5.41, 5.74) is 1.35. The van der Waals surface area contributed by atoms with Gasteiger partial charge in [-0.3, -0.25) is 4.79 Å². The number of nitrogens with zero attached hydrogens (tertiary/aromatic N) is 5. The van der Waals surface area contributed by atoms with Crippen LogP contribution in [0.5, 0.6) is 0 Å². The molecule has 3 atom stereocenters. The van der Waals surface area contributed by atoms with Gasteiger partial charge in [0.05, 0.1) is 18.0 Å². The van der Waals surface area contributed by atoms with E-state index in [1.807, 2.05) is 18.2 Å². The number of halogens is 4. The molecule has 214 valence electrons. The molecule has 12 heteroatoms. The smallest absolute Gasteiger partial charge is 0.410 e. The van der Waals surface area contributed by atoms with Crippen molar-refractivity contribution in [2.24, 2.45) is 5.92 Å². The summed E-state index contributed by atoms with van der Waals surface area (Å²) >= 11 is 6.07. The maximum atomic E-state index is 13.6. The van der Waals surface area contributed by atoms with Crippen LogP contribution in [0.25, 0.3) is 0 Å². The first-order valence-corrected chi connectivity index (χ1v) is 13.5. The van der Waals surface area contributed by atoms with E-state index in [2.05, 4.69) is 9.88 Å². The summed E-state index contributed by atoms with van der Waals surface area (Å²) in [6.45, 7) is 3.08. The molecule has 1 aromatic carbocycles. The third-order valence-corrected chi connectivity index (χ3v) is 7.80. The van der Waals surface area contributed by atoms with Crippen LogP contribution >= 0.6 is 11.6 Å². The molecule has 0 aliphatic carbocycles. The number of carbonyl (C=O) groups excluding carboxylic acids is 2. The second-order valence-electron chi connectivity index (χ2n) is 10.4. The second-order valence-corrected chi connectivity index (χ2v) is 10.8. The van der Waals surface area contributed by atoms with E-state index in [1.54, 1.807) is 29.2 Å². The molecule has 2 aliphatic rings. The topological polar surface area (TPSA) is 89.8 Å². The standard InChI is InChI=1S/C28H31ClF3N5O3/c1-18(13-28(30,31)32)40-27(39)35(2)24-17-37(16-23(24)20-4-6-22(29)7-5-20)26(38)21-9-11-36(12-10-21)25-8-3-19(14-33)15-34-25/h3-8,15,18,21,23-24H,9-13,16-17H2,1-2H3. The van der Waals surface area contributed by atoms with Crippen LogP contribution in [-0.4, -0.2) is 78.3 Å². The molecule has 4 rings (SSSR count). The number of hydrogen-bond donors (Lipinski definition) is 0. The highest BCUT2D eigenvalue weighted by Gasteiger charge is 2.43. The third kappa shape index (κ3) is 7.16. The molecule has 3 heterocycles. The lowest BCUT2D eigenvalue weighted by Crippen LogP contribution is -2.45. The predicted molar refractivity (Wildman–Crippen MR) is 143 cm³/mol. The molecule has 1 aromatic heterocycles. The molecule has 2 aromatic rings. The van der Waals surface area contributed by atoms with Gasteiger partial charge in [-0.25, -0.2) is 9.78 Å². The number of carbonyl (C=O) groups is 2. The van der Waals surface area contributed by atoms with Crippen molar-refractivity contribution >= 4 is 29.4 Å². The maximum absolute atomic E-state index is 13.6. The molecular formula is C28H31ClF3N5O3. The molecule has 2 amide bonds. The molecule has 0 spiro atoms. The van der Waals surface area contributed by atoms with Gasteiger partial charge in [-0.05, 0) is 49.6 Å². The summed E-state index contributed by atoms with van der Waals surface area (Å²) in [5, 5.41) is 9.53. The zero-order valence-corrected chi connectivity index (χ0v) is 23.0. The number of rotatable bonds is 6. The summed E-state index contributed by atoms with van der Waals surface area (Å²) in [7, 11) is 1.49. The van der Waals surface area contributed by atoms with E-state index in [0.717, 1.165) is 11.4 Å². The number of likely N-dealkylation sites (N-methyl/N-ethyl adjacent to an activating group) is 1. The summed E-state index contributed by atoms with van der Waals surface area (Å²) in [4.78, 5) is 35.9. The molecule has 8 nitrogen and oxygen atoms in total. The number of likely N-dealkylation sites (tertiary alicyclic amines) is 1. The molecule has 0 radical (unpaired) electrons. The molecule has 0 saturated carbocycles.